The van der Waals surface area contributed by atoms with Gasteiger partial charge in [0.05, 0.1) is 0 Å². The first-order chi connectivity index (χ1) is 4.59. The lowest BCUT2D eigenvalue weighted by molar-refractivity contribution is -0.139. The molecular weight excluding hydrogens is 134 g/mol. The smallest absolute Gasteiger partial charge is 0.320 e. The van der Waals surface area contributed by atoms with Crippen molar-refractivity contribution in [3.63, 3.8) is 0 Å². The fraction of sp³-hybridized carbons (Fsp3) is 0.833. The zero-order chi connectivity index (χ0) is 8.15. The average Bonchev–Trinajstić information content (AvgIpc) is 1.87. The molecule has 4 N–H and O–H groups in total. The molecule has 0 aromatic carbocycles. The van der Waals surface area contributed by atoms with Crippen molar-refractivity contribution in [1.29, 1.82) is 0 Å². The Hall–Kier alpha value is -0.610. The number of aliphatic carboxylic acids is 1. The highest BCUT2D eigenvalue weighted by molar-refractivity contribution is 5.73. The van der Waals surface area contributed by atoms with Crippen molar-refractivity contribution < 1.29 is 15.0 Å². The number of carboxylic acid groups (broad SMARTS) is 1. The standard InChI is InChI=1S/C6H13NO3/c1-4(2-3-8)5(7)6(9)10/h4-5,8H,2-3,7H2,1H3,(H,9,10). The lowest BCUT2D eigenvalue weighted by atomic mass is 10.00. The monoisotopic (exact) mass is 147 g/mol. The molecule has 0 rings (SSSR count). The van der Waals surface area contributed by atoms with E-state index in [1.165, 1.54) is 0 Å². The molecule has 0 aromatic heterocycles. The van der Waals surface area contributed by atoms with Crippen molar-refractivity contribution in [3.05, 3.63) is 0 Å². The molecule has 60 valence electrons. The average molecular weight is 147 g/mol. The third-order valence-electron chi connectivity index (χ3n) is 1.48. The third kappa shape index (κ3) is 2.80. The van der Waals surface area contributed by atoms with Crippen molar-refractivity contribution in [2.45, 2.75) is 19.4 Å². The molecule has 0 fully saturated rings. The highest BCUT2D eigenvalue weighted by atomic mass is 16.4. The van der Waals surface area contributed by atoms with E-state index in [-0.39, 0.29) is 12.5 Å². The molecular formula is C6H13NO3. The highest BCUT2D eigenvalue weighted by Crippen LogP contribution is 2.04. The van der Waals surface area contributed by atoms with E-state index in [9.17, 15) is 4.79 Å². The summed E-state index contributed by atoms with van der Waals surface area (Å²) in [6.45, 7) is 1.69. The Balaban J connectivity index is 3.69. The SMILES string of the molecule is CC(CCO)C(N)C(=O)O. The molecule has 0 bridgehead atoms. The van der Waals surface area contributed by atoms with Gasteiger partial charge in [-0.15, -0.1) is 0 Å². The van der Waals surface area contributed by atoms with Crippen molar-refractivity contribution in [3.8, 4) is 0 Å². The van der Waals surface area contributed by atoms with E-state index >= 15 is 0 Å². The van der Waals surface area contributed by atoms with Gasteiger partial charge < -0.3 is 15.9 Å². The molecule has 2 atom stereocenters. The minimum Gasteiger partial charge on any atom is -0.480 e. The first-order valence-electron chi connectivity index (χ1n) is 3.18. The van der Waals surface area contributed by atoms with E-state index < -0.39 is 12.0 Å². The predicted octanol–water partition coefficient (Wildman–Crippen LogP) is -0.583. The van der Waals surface area contributed by atoms with Crippen LogP contribution in [-0.2, 0) is 4.79 Å². The van der Waals surface area contributed by atoms with E-state index in [0.717, 1.165) is 0 Å². The van der Waals surface area contributed by atoms with Crippen LogP contribution < -0.4 is 5.73 Å². The molecule has 10 heavy (non-hydrogen) atoms. The van der Waals surface area contributed by atoms with Crippen LogP contribution in [0.3, 0.4) is 0 Å². The minimum absolute atomic E-state index is 0.0118. The molecule has 4 nitrogen and oxygen atoms in total. The maximum atomic E-state index is 10.2. The van der Waals surface area contributed by atoms with Crippen molar-refractivity contribution in [1.82, 2.24) is 0 Å². The number of carbonyl (C=O) groups is 1. The van der Waals surface area contributed by atoms with Gasteiger partial charge in [-0.25, -0.2) is 0 Å². The summed E-state index contributed by atoms with van der Waals surface area (Å²) in [4.78, 5) is 10.2. The van der Waals surface area contributed by atoms with E-state index in [1.807, 2.05) is 0 Å². The molecule has 0 aliphatic heterocycles. The number of rotatable bonds is 4. The Bertz CT molecular complexity index is 116. The number of carboxylic acids is 1. The van der Waals surface area contributed by atoms with Crippen LogP contribution in [0.2, 0.25) is 0 Å². The van der Waals surface area contributed by atoms with Crippen LogP contribution in [0.1, 0.15) is 13.3 Å². The van der Waals surface area contributed by atoms with Gasteiger partial charge in [-0.3, -0.25) is 4.79 Å². The molecule has 0 aromatic rings. The molecule has 0 amide bonds. The zero-order valence-corrected chi connectivity index (χ0v) is 5.95. The first-order valence-corrected chi connectivity index (χ1v) is 3.18. The van der Waals surface area contributed by atoms with Crippen LogP contribution in [-0.4, -0.2) is 28.8 Å². The summed E-state index contributed by atoms with van der Waals surface area (Å²) >= 11 is 0. The third-order valence-corrected chi connectivity index (χ3v) is 1.48. The van der Waals surface area contributed by atoms with Crippen LogP contribution in [0.25, 0.3) is 0 Å². The molecule has 0 saturated carbocycles. The van der Waals surface area contributed by atoms with Gasteiger partial charge in [0, 0.05) is 6.61 Å². The van der Waals surface area contributed by atoms with E-state index in [2.05, 4.69) is 0 Å². The van der Waals surface area contributed by atoms with Gasteiger partial charge in [0.1, 0.15) is 6.04 Å². The summed E-state index contributed by atoms with van der Waals surface area (Å²) < 4.78 is 0. The number of hydrogen-bond acceptors (Lipinski definition) is 3. The number of nitrogens with two attached hydrogens (primary N) is 1. The maximum absolute atomic E-state index is 10.2. The lowest BCUT2D eigenvalue weighted by Gasteiger charge is -2.13. The second-order valence-corrected chi connectivity index (χ2v) is 2.35. The van der Waals surface area contributed by atoms with Crippen molar-refractivity contribution in [2.75, 3.05) is 6.61 Å². The Morgan fingerprint density at radius 1 is 1.70 bits per heavy atom. The molecule has 0 heterocycles. The summed E-state index contributed by atoms with van der Waals surface area (Å²) in [5, 5.41) is 16.8. The molecule has 0 spiro atoms. The second-order valence-electron chi connectivity index (χ2n) is 2.35. The number of aliphatic hydroxyl groups excluding tert-OH is 1. The molecule has 0 aliphatic carbocycles. The predicted molar refractivity (Wildman–Crippen MR) is 36.5 cm³/mol. The summed E-state index contributed by atoms with van der Waals surface area (Å²) in [6, 6.07) is -0.854. The summed E-state index contributed by atoms with van der Waals surface area (Å²) in [7, 11) is 0. The Labute approximate surface area is 59.7 Å². The van der Waals surface area contributed by atoms with Crippen LogP contribution in [0.15, 0.2) is 0 Å². The van der Waals surface area contributed by atoms with Crippen LogP contribution >= 0.6 is 0 Å². The van der Waals surface area contributed by atoms with Gasteiger partial charge in [-0.2, -0.15) is 0 Å². The maximum Gasteiger partial charge on any atom is 0.320 e. The van der Waals surface area contributed by atoms with E-state index in [0.29, 0.717) is 6.42 Å². The molecule has 0 aliphatic rings. The van der Waals surface area contributed by atoms with E-state index in [1.54, 1.807) is 6.92 Å². The van der Waals surface area contributed by atoms with Crippen LogP contribution in [0.4, 0.5) is 0 Å². The Morgan fingerprint density at radius 3 is 2.50 bits per heavy atom. The van der Waals surface area contributed by atoms with Gasteiger partial charge in [0.15, 0.2) is 0 Å². The molecule has 2 unspecified atom stereocenters. The second kappa shape index (κ2) is 4.24. The van der Waals surface area contributed by atoms with E-state index in [4.69, 9.17) is 15.9 Å². The van der Waals surface area contributed by atoms with Crippen LogP contribution in [0.5, 0.6) is 0 Å². The van der Waals surface area contributed by atoms with Gasteiger partial charge in [-0.1, -0.05) is 6.92 Å². The Morgan fingerprint density at radius 2 is 2.20 bits per heavy atom. The molecule has 4 heteroatoms. The van der Waals surface area contributed by atoms with Crippen LogP contribution in [0, 0.1) is 5.92 Å². The molecule has 0 saturated heterocycles. The Kier molecular flexibility index (Phi) is 3.99. The summed E-state index contributed by atoms with van der Waals surface area (Å²) in [5.41, 5.74) is 5.24. The lowest BCUT2D eigenvalue weighted by Crippen LogP contribution is -2.36. The van der Waals surface area contributed by atoms with Crippen molar-refractivity contribution >= 4 is 5.97 Å². The largest absolute Gasteiger partial charge is 0.480 e. The zero-order valence-electron chi connectivity index (χ0n) is 5.95. The van der Waals surface area contributed by atoms with Gasteiger partial charge in [0.2, 0.25) is 0 Å². The first kappa shape index (κ1) is 9.39. The number of aliphatic hydroxyl groups is 1. The normalized spacial score (nSPS) is 16.3. The van der Waals surface area contributed by atoms with Crippen molar-refractivity contribution in [2.24, 2.45) is 11.7 Å². The van der Waals surface area contributed by atoms with Gasteiger partial charge >= 0.3 is 5.97 Å². The summed E-state index contributed by atoms with van der Waals surface area (Å²) in [6.07, 6.45) is 0.438. The van der Waals surface area contributed by atoms with Gasteiger partial charge in [-0.05, 0) is 12.3 Å². The highest BCUT2D eigenvalue weighted by Gasteiger charge is 2.18. The quantitative estimate of drug-likeness (QED) is 0.496. The minimum atomic E-state index is -1.01. The molecule has 0 radical (unpaired) electrons. The number of hydrogen-bond donors (Lipinski definition) is 3. The fourth-order valence-electron chi connectivity index (χ4n) is 0.627. The fourth-order valence-corrected chi connectivity index (χ4v) is 0.627. The topological polar surface area (TPSA) is 83.5 Å². The summed E-state index contributed by atoms with van der Waals surface area (Å²) in [5.74, 6) is -1.18. The van der Waals surface area contributed by atoms with Gasteiger partial charge in [0.25, 0.3) is 0 Å².